The van der Waals surface area contributed by atoms with Gasteiger partial charge in [-0.3, -0.25) is 0 Å². The fourth-order valence-electron chi connectivity index (χ4n) is 2.54. The van der Waals surface area contributed by atoms with Gasteiger partial charge in [-0.15, -0.1) is 0 Å². The zero-order valence-corrected chi connectivity index (χ0v) is 11.3. The lowest BCUT2D eigenvalue weighted by Gasteiger charge is -2.37. The summed E-state index contributed by atoms with van der Waals surface area (Å²) in [6.07, 6.45) is 4.98. The van der Waals surface area contributed by atoms with Gasteiger partial charge in [-0.05, 0) is 39.8 Å². The molecule has 0 bridgehead atoms. The van der Waals surface area contributed by atoms with Gasteiger partial charge in [0.2, 0.25) is 0 Å². The average Bonchev–Trinajstić information content (AvgIpc) is 2.24. The fourth-order valence-corrected chi connectivity index (χ4v) is 2.54. The second kappa shape index (κ2) is 7.25. The lowest BCUT2D eigenvalue weighted by molar-refractivity contribution is 0.127. The summed E-state index contributed by atoms with van der Waals surface area (Å²) in [5.74, 6) is 0. The van der Waals surface area contributed by atoms with E-state index in [9.17, 15) is 0 Å². The number of hydrogen-bond donors (Lipinski definition) is 1. The summed E-state index contributed by atoms with van der Waals surface area (Å²) in [5, 5.41) is 3.76. The lowest BCUT2D eigenvalue weighted by atomic mass is 9.97. The van der Waals surface area contributed by atoms with Gasteiger partial charge in [0, 0.05) is 25.2 Å². The van der Waals surface area contributed by atoms with Crippen molar-refractivity contribution in [2.75, 3.05) is 27.3 Å². The Balaban J connectivity index is 2.33. The van der Waals surface area contributed by atoms with Crippen molar-refractivity contribution in [2.24, 2.45) is 0 Å². The van der Waals surface area contributed by atoms with E-state index in [0.717, 1.165) is 6.61 Å². The first-order valence-corrected chi connectivity index (χ1v) is 6.62. The molecule has 3 nitrogen and oxygen atoms in total. The van der Waals surface area contributed by atoms with Crippen LogP contribution in [-0.4, -0.2) is 50.3 Å². The minimum atomic E-state index is 0.538. The number of hydrogen-bond acceptors (Lipinski definition) is 3. The first-order chi connectivity index (χ1) is 7.67. The molecule has 3 unspecified atom stereocenters. The number of piperidine rings is 1. The molecular weight excluding hydrogens is 200 g/mol. The number of ether oxygens (including phenoxy) is 1. The molecule has 0 aliphatic carbocycles. The van der Waals surface area contributed by atoms with Crippen LogP contribution in [0.2, 0.25) is 0 Å². The van der Waals surface area contributed by atoms with Crippen LogP contribution < -0.4 is 5.32 Å². The minimum Gasteiger partial charge on any atom is -0.383 e. The standard InChI is InChI=1S/C13H28N2O/c1-5-6-13(10-16-4)14-12-7-8-15(3)11(2)9-12/h11-14H,5-10H2,1-4H3. The SMILES string of the molecule is CCCC(COC)NC1CCN(C)C(C)C1. The van der Waals surface area contributed by atoms with E-state index >= 15 is 0 Å². The van der Waals surface area contributed by atoms with Crippen molar-refractivity contribution in [3.63, 3.8) is 0 Å². The van der Waals surface area contributed by atoms with E-state index in [4.69, 9.17) is 4.74 Å². The fraction of sp³-hybridized carbons (Fsp3) is 1.00. The van der Waals surface area contributed by atoms with Gasteiger partial charge in [0.25, 0.3) is 0 Å². The Kier molecular flexibility index (Phi) is 6.32. The van der Waals surface area contributed by atoms with Crippen molar-refractivity contribution in [3.8, 4) is 0 Å². The molecule has 0 aromatic carbocycles. The van der Waals surface area contributed by atoms with E-state index in [1.165, 1.54) is 32.2 Å². The number of nitrogens with one attached hydrogen (secondary N) is 1. The zero-order valence-electron chi connectivity index (χ0n) is 11.3. The van der Waals surface area contributed by atoms with Crippen LogP contribution in [0.5, 0.6) is 0 Å². The van der Waals surface area contributed by atoms with Crippen molar-refractivity contribution < 1.29 is 4.74 Å². The summed E-state index contributed by atoms with van der Waals surface area (Å²) in [5.41, 5.74) is 0. The average molecular weight is 228 g/mol. The highest BCUT2D eigenvalue weighted by atomic mass is 16.5. The molecule has 0 spiro atoms. The van der Waals surface area contributed by atoms with Crippen LogP contribution in [0.15, 0.2) is 0 Å². The van der Waals surface area contributed by atoms with Crippen LogP contribution in [0.4, 0.5) is 0 Å². The van der Waals surface area contributed by atoms with Crippen molar-refractivity contribution in [3.05, 3.63) is 0 Å². The van der Waals surface area contributed by atoms with Crippen molar-refractivity contribution in [1.82, 2.24) is 10.2 Å². The summed E-state index contributed by atoms with van der Waals surface area (Å²) in [4.78, 5) is 2.45. The van der Waals surface area contributed by atoms with Crippen LogP contribution in [0, 0.1) is 0 Å². The quantitative estimate of drug-likeness (QED) is 0.751. The predicted molar refractivity (Wildman–Crippen MR) is 68.8 cm³/mol. The Morgan fingerprint density at radius 3 is 2.81 bits per heavy atom. The molecule has 0 saturated carbocycles. The van der Waals surface area contributed by atoms with Gasteiger partial charge in [0.1, 0.15) is 0 Å². The smallest absolute Gasteiger partial charge is 0.0615 e. The molecular formula is C13H28N2O. The molecule has 1 saturated heterocycles. The van der Waals surface area contributed by atoms with E-state index < -0.39 is 0 Å². The van der Waals surface area contributed by atoms with E-state index in [-0.39, 0.29) is 0 Å². The van der Waals surface area contributed by atoms with Gasteiger partial charge in [-0.2, -0.15) is 0 Å². The van der Waals surface area contributed by atoms with Crippen molar-refractivity contribution in [1.29, 1.82) is 0 Å². The number of methoxy groups -OCH3 is 1. The lowest BCUT2D eigenvalue weighted by Crippen LogP contribution is -2.49. The Morgan fingerprint density at radius 2 is 2.25 bits per heavy atom. The molecule has 3 atom stereocenters. The highest BCUT2D eigenvalue weighted by Gasteiger charge is 2.24. The van der Waals surface area contributed by atoms with Crippen molar-refractivity contribution in [2.45, 2.75) is 57.7 Å². The maximum Gasteiger partial charge on any atom is 0.0615 e. The van der Waals surface area contributed by atoms with E-state index in [0.29, 0.717) is 18.1 Å². The molecule has 1 aliphatic heterocycles. The Hall–Kier alpha value is -0.120. The van der Waals surface area contributed by atoms with Gasteiger partial charge in [0.15, 0.2) is 0 Å². The molecule has 0 aromatic heterocycles. The summed E-state index contributed by atoms with van der Waals surface area (Å²) in [6, 6.07) is 1.92. The van der Waals surface area contributed by atoms with Gasteiger partial charge >= 0.3 is 0 Å². The molecule has 1 aliphatic rings. The molecule has 0 radical (unpaired) electrons. The van der Waals surface area contributed by atoms with Crippen LogP contribution in [0.1, 0.15) is 39.5 Å². The summed E-state index contributed by atoms with van der Waals surface area (Å²) >= 11 is 0. The molecule has 16 heavy (non-hydrogen) atoms. The maximum absolute atomic E-state index is 5.27. The molecule has 3 heteroatoms. The van der Waals surface area contributed by atoms with Gasteiger partial charge in [-0.25, -0.2) is 0 Å². The minimum absolute atomic E-state index is 0.538. The van der Waals surface area contributed by atoms with Crippen LogP contribution >= 0.6 is 0 Å². The normalized spacial score (nSPS) is 29.2. The molecule has 1 N–H and O–H groups in total. The summed E-state index contributed by atoms with van der Waals surface area (Å²) < 4.78 is 5.27. The predicted octanol–water partition coefficient (Wildman–Crippen LogP) is 1.87. The van der Waals surface area contributed by atoms with E-state index in [1.54, 1.807) is 7.11 Å². The third-order valence-corrected chi connectivity index (χ3v) is 3.68. The second-order valence-corrected chi connectivity index (χ2v) is 5.16. The van der Waals surface area contributed by atoms with E-state index in [1.807, 2.05) is 0 Å². The molecule has 1 rings (SSSR count). The highest BCUT2D eigenvalue weighted by molar-refractivity contribution is 4.83. The molecule has 1 fully saturated rings. The molecule has 96 valence electrons. The van der Waals surface area contributed by atoms with Crippen LogP contribution in [0.25, 0.3) is 0 Å². The number of likely N-dealkylation sites (tertiary alicyclic amines) is 1. The van der Waals surface area contributed by atoms with Crippen molar-refractivity contribution >= 4 is 0 Å². The Bertz CT molecular complexity index is 181. The Morgan fingerprint density at radius 1 is 1.50 bits per heavy atom. The van der Waals surface area contributed by atoms with E-state index in [2.05, 4.69) is 31.1 Å². The number of nitrogens with zero attached hydrogens (tertiary/aromatic N) is 1. The summed E-state index contributed by atoms with van der Waals surface area (Å²) in [7, 11) is 4.02. The Labute approximate surface area is 101 Å². The molecule has 1 heterocycles. The second-order valence-electron chi connectivity index (χ2n) is 5.16. The van der Waals surface area contributed by atoms with Gasteiger partial charge < -0.3 is 15.0 Å². The monoisotopic (exact) mass is 228 g/mol. The topological polar surface area (TPSA) is 24.5 Å². The third-order valence-electron chi connectivity index (χ3n) is 3.68. The zero-order chi connectivity index (χ0) is 12.0. The first-order valence-electron chi connectivity index (χ1n) is 6.62. The molecule has 0 amide bonds. The van der Waals surface area contributed by atoms with Crippen LogP contribution in [-0.2, 0) is 4.74 Å². The van der Waals surface area contributed by atoms with Gasteiger partial charge in [-0.1, -0.05) is 13.3 Å². The largest absolute Gasteiger partial charge is 0.383 e. The van der Waals surface area contributed by atoms with Crippen LogP contribution in [0.3, 0.4) is 0 Å². The first kappa shape index (κ1) is 13.9. The molecule has 0 aromatic rings. The maximum atomic E-state index is 5.27. The highest BCUT2D eigenvalue weighted by Crippen LogP contribution is 2.16. The summed E-state index contributed by atoms with van der Waals surface area (Å²) in [6.45, 7) is 6.61. The van der Waals surface area contributed by atoms with Gasteiger partial charge in [0.05, 0.1) is 6.61 Å². The number of rotatable bonds is 6. The third kappa shape index (κ3) is 4.40.